The van der Waals surface area contributed by atoms with E-state index in [4.69, 9.17) is 49.2 Å². The minimum absolute atomic E-state index is 0.0413. The Morgan fingerprint density at radius 3 is 0.857 bits per heavy atom. The standard InChI is InChI=1S/C8H18O5.C6H14O4.C2H4O2S/c9-1-3-11-5-7-13-8-6-12-4-2-10;7-1-3-9-5-6-10-4-2-8;3-2(4)1-5/h9-10H,1-8H2;7-8H,1-6H2;5H,1H2,(H,3,4). The summed E-state index contributed by atoms with van der Waals surface area (Å²) in [6.07, 6.45) is 0. The molecule has 0 aliphatic carbocycles. The molecule has 0 spiro atoms. The predicted octanol–water partition coefficient (Wildman–Crippen LogP) is -1.97. The highest BCUT2D eigenvalue weighted by atomic mass is 32.1. The molecule has 12 heteroatoms. The van der Waals surface area contributed by atoms with Crippen LogP contribution in [0, 0.1) is 0 Å². The number of aliphatic hydroxyl groups is 4. The van der Waals surface area contributed by atoms with Crippen molar-refractivity contribution in [2.45, 2.75) is 0 Å². The van der Waals surface area contributed by atoms with E-state index in [1.165, 1.54) is 0 Å². The Morgan fingerprint density at radius 2 is 0.714 bits per heavy atom. The van der Waals surface area contributed by atoms with Crippen molar-refractivity contribution in [1.82, 2.24) is 0 Å². The zero-order valence-corrected chi connectivity index (χ0v) is 17.1. The molecule has 0 bridgehead atoms. The van der Waals surface area contributed by atoms with Gasteiger partial charge < -0.3 is 49.2 Å². The van der Waals surface area contributed by atoms with E-state index in [0.717, 1.165) is 0 Å². The van der Waals surface area contributed by atoms with Crippen molar-refractivity contribution in [2.75, 3.05) is 98.2 Å². The molecular formula is C16H36O11S. The number of rotatable bonds is 18. The maximum absolute atomic E-state index is 9.29. The van der Waals surface area contributed by atoms with Gasteiger partial charge in [-0.15, -0.1) is 0 Å². The Kier molecular flexibility index (Phi) is 39.0. The summed E-state index contributed by atoms with van der Waals surface area (Å²) in [5, 5.41) is 40.9. The van der Waals surface area contributed by atoms with E-state index in [1.54, 1.807) is 0 Å². The second-order valence-corrected chi connectivity index (χ2v) is 4.82. The number of carboxylic acid groups (broad SMARTS) is 1. The highest BCUT2D eigenvalue weighted by Crippen LogP contribution is 1.80. The van der Waals surface area contributed by atoms with Crippen molar-refractivity contribution in [3.8, 4) is 0 Å². The molecule has 0 rings (SSSR count). The van der Waals surface area contributed by atoms with E-state index >= 15 is 0 Å². The number of carbonyl (C=O) groups is 1. The lowest BCUT2D eigenvalue weighted by molar-refractivity contribution is -0.133. The van der Waals surface area contributed by atoms with Gasteiger partial charge in [-0.25, -0.2) is 0 Å². The van der Waals surface area contributed by atoms with Crippen LogP contribution in [-0.2, 0) is 28.5 Å². The molecule has 0 amide bonds. The molecule has 28 heavy (non-hydrogen) atoms. The van der Waals surface area contributed by atoms with Crippen LogP contribution in [0.15, 0.2) is 0 Å². The zero-order chi connectivity index (χ0) is 21.7. The molecule has 0 aliphatic heterocycles. The second-order valence-electron chi connectivity index (χ2n) is 4.51. The first-order valence-corrected chi connectivity index (χ1v) is 9.38. The van der Waals surface area contributed by atoms with Crippen LogP contribution in [0.2, 0.25) is 0 Å². The average Bonchev–Trinajstić information content (AvgIpc) is 2.70. The average molecular weight is 437 g/mol. The van der Waals surface area contributed by atoms with E-state index in [0.29, 0.717) is 66.1 Å². The van der Waals surface area contributed by atoms with Gasteiger partial charge in [0.1, 0.15) is 0 Å². The van der Waals surface area contributed by atoms with Gasteiger partial charge >= 0.3 is 5.97 Å². The molecule has 0 unspecified atom stereocenters. The highest BCUT2D eigenvalue weighted by Gasteiger charge is 1.90. The van der Waals surface area contributed by atoms with Crippen molar-refractivity contribution in [2.24, 2.45) is 0 Å². The molecule has 0 aliphatic rings. The van der Waals surface area contributed by atoms with Crippen LogP contribution >= 0.6 is 12.6 Å². The van der Waals surface area contributed by atoms with E-state index in [2.05, 4.69) is 12.6 Å². The lowest BCUT2D eigenvalue weighted by Crippen LogP contribution is -2.11. The van der Waals surface area contributed by atoms with Crippen LogP contribution in [0.5, 0.6) is 0 Å². The predicted molar refractivity (Wildman–Crippen MR) is 104 cm³/mol. The molecule has 0 fully saturated rings. The third-order valence-corrected chi connectivity index (χ3v) is 2.46. The first-order chi connectivity index (χ1) is 13.6. The van der Waals surface area contributed by atoms with Crippen LogP contribution in [0.25, 0.3) is 0 Å². The quantitative estimate of drug-likeness (QED) is 0.104. The smallest absolute Gasteiger partial charge is 0.313 e. The van der Waals surface area contributed by atoms with Crippen LogP contribution < -0.4 is 0 Å². The summed E-state index contributed by atoms with van der Waals surface area (Å²) in [7, 11) is 0. The summed E-state index contributed by atoms with van der Waals surface area (Å²) in [5.41, 5.74) is 0. The van der Waals surface area contributed by atoms with Crippen LogP contribution in [0.4, 0.5) is 0 Å². The van der Waals surface area contributed by atoms with Gasteiger partial charge in [0.15, 0.2) is 0 Å². The van der Waals surface area contributed by atoms with Crippen molar-refractivity contribution < 1.29 is 54.0 Å². The Bertz CT molecular complexity index is 255. The van der Waals surface area contributed by atoms with Gasteiger partial charge in [0.25, 0.3) is 0 Å². The van der Waals surface area contributed by atoms with Gasteiger partial charge in [-0.2, -0.15) is 12.6 Å². The molecule has 11 nitrogen and oxygen atoms in total. The van der Waals surface area contributed by atoms with Crippen molar-refractivity contribution in [3.63, 3.8) is 0 Å². The minimum Gasteiger partial charge on any atom is -0.481 e. The van der Waals surface area contributed by atoms with Crippen molar-refractivity contribution in [1.29, 1.82) is 0 Å². The van der Waals surface area contributed by atoms with E-state index in [9.17, 15) is 4.79 Å². The summed E-state index contributed by atoms with van der Waals surface area (Å²) in [6, 6.07) is 0. The topological polar surface area (TPSA) is 164 Å². The Labute approximate surface area is 171 Å². The SMILES string of the molecule is O=C(O)CS.OCCOCCOCCO.OCCOCCOCCOCCO. The molecule has 0 aromatic carbocycles. The van der Waals surface area contributed by atoms with Crippen molar-refractivity contribution in [3.05, 3.63) is 0 Å². The van der Waals surface area contributed by atoms with Crippen molar-refractivity contribution >= 4 is 18.6 Å². The number of aliphatic hydroxyl groups excluding tert-OH is 4. The minimum atomic E-state index is -0.881. The number of carboxylic acids is 1. The lowest BCUT2D eigenvalue weighted by Gasteiger charge is -2.04. The van der Waals surface area contributed by atoms with Crippen LogP contribution in [-0.4, -0.2) is 130 Å². The second kappa shape index (κ2) is 34.0. The number of hydrogen-bond donors (Lipinski definition) is 6. The van der Waals surface area contributed by atoms with E-state index in [-0.39, 0.29) is 32.2 Å². The van der Waals surface area contributed by atoms with Crippen LogP contribution in [0.1, 0.15) is 0 Å². The van der Waals surface area contributed by atoms with Gasteiger partial charge in [-0.05, 0) is 0 Å². The molecule has 5 N–H and O–H groups in total. The van der Waals surface area contributed by atoms with E-state index in [1.807, 2.05) is 0 Å². The van der Waals surface area contributed by atoms with Crippen LogP contribution in [0.3, 0.4) is 0 Å². The third kappa shape index (κ3) is 44.7. The first-order valence-electron chi connectivity index (χ1n) is 8.75. The Hall–Kier alpha value is -0.540. The molecule has 172 valence electrons. The number of thiol groups is 1. The molecule has 0 saturated carbocycles. The monoisotopic (exact) mass is 436 g/mol. The number of hydrogen-bond acceptors (Lipinski definition) is 11. The fourth-order valence-electron chi connectivity index (χ4n) is 1.12. The number of aliphatic carboxylic acids is 1. The summed E-state index contributed by atoms with van der Waals surface area (Å²) in [4.78, 5) is 9.29. The molecule has 0 atom stereocenters. The Morgan fingerprint density at radius 1 is 0.536 bits per heavy atom. The largest absolute Gasteiger partial charge is 0.481 e. The molecule has 0 radical (unpaired) electrons. The maximum atomic E-state index is 9.29. The normalized spacial score (nSPS) is 9.89. The maximum Gasteiger partial charge on any atom is 0.313 e. The number of ether oxygens (including phenoxy) is 5. The van der Waals surface area contributed by atoms with Gasteiger partial charge in [0.2, 0.25) is 0 Å². The first kappa shape index (κ1) is 32.1. The van der Waals surface area contributed by atoms with Gasteiger partial charge in [-0.3, -0.25) is 4.79 Å². The van der Waals surface area contributed by atoms with Gasteiger partial charge in [-0.1, -0.05) is 0 Å². The molecule has 0 aromatic rings. The highest BCUT2D eigenvalue weighted by molar-refractivity contribution is 7.81. The molecule has 0 saturated heterocycles. The van der Waals surface area contributed by atoms with E-state index < -0.39 is 5.97 Å². The summed E-state index contributed by atoms with van der Waals surface area (Å²) in [6.45, 7) is 4.49. The molecule has 0 heterocycles. The fraction of sp³-hybridized carbons (Fsp3) is 0.938. The fourth-order valence-corrected chi connectivity index (χ4v) is 1.12. The molecule has 0 aromatic heterocycles. The zero-order valence-electron chi connectivity index (χ0n) is 16.2. The van der Waals surface area contributed by atoms with Gasteiger partial charge in [0, 0.05) is 0 Å². The Balaban J connectivity index is -0.000000368. The molecular weight excluding hydrogens is 400 g/mol. The summed E-state index contributed by atoms with van der Waals surface area (Å²) < 4.78 is 24.8. The van der Waals surface area contributed by atoms with Gasteiger partial charge in [0.05, 0.1) is 98.2 Å². The lowest BCUT2D eigenvalue weighted by atomic mass is 10.7. The summed E-state index contributed by atoms with van der Waals surface area (Å²) >= 11 is 3.42. The third-order valence-electron chi connectivity index (χ3n) is 2.19. The summed E-state index contributed by atoms with van der Waals surface area (Å²) in [5.74, 6) is -0.965.